The molecule has 3 aromatic carbocycles. The summed E-state index contributed by atoms with van der Waals surface area (Å²) in [5.41, 5.74) is 5.65. The van der Waals surface area contributed by atoms with Gasteiger partial charge in [-0.2, -0.15) is 5.10 Å². The minimum atomic E-state index is -0.991. The minimum Gasteiger partial charge on any atom is -0.507 e. The van der Waals surface area contributed by atoms with E-state index in [1.807, 2.05) is 42.5 Å². The standard InChI is InChI=1S/C21H17N3O3S/c25-19-16(7-4-8-18(19)14-5-2-1-3-6-14)13-22-24-21(28)23-17-11-9-15(10-12-17)20(26)27/h1-13,25H,(H,26,27)(H2,23,24,28)/b22-13+. The predicted octanol–water partition coefficient (Wildman–Crippen LogP) is 4.08. The monoisotopic (exact) mass is 391 g/mol. The average Bonchev–Trinajstić information content (AvgIpc) is 2.70. The third kappa shape index (κ3) is 4.72. The number of nitrogens with zero attached hydrogens (tertiary/aromatic N) is 1. The Kier molecular flexibility index (Phi) is 5.98. The van der Waals surface area contributed by atoms with Crippen molar-refractivity contribution in [3.8, 4) is 16.9 Å². The Balaban J connectivity index is 1.64. The lowest BCUT2D eigenvalue weighted by Crippen LogP contribution is -2.23. The fourth-order valence-electron chi connectivity index (χ4n) is 2.53. The summed E-state index contributed by atoms with van der Waals surface area (Å²) in [6.45, 7) is 0. The van der Waals surface area contributed by atoms with Gasteiger partial charge in [0, 0.05) is 16.8 Å². The first kappa shape index (κ1) is 19.1. The van der Waals surface area contributed by atoms with E-state index in [-0.39, 0.29) is 16.4 Å². The molecule has 0 aromatic heterocycles. The van der Waals surface area contributed by atoms with Gasteiger partial charge >= 0.3 is 5.97 Å². The Bertz CT molecular complexity index is 1020. The first-order valence-electron chi connectivity index (χ1n) is 8.35. The van der Waals surface area contributed by atoms with Crippen LogP contribution in [0.2, 0.25) is 0 Å². The highest BCUT2D eigenvalue weighted by Crippen LogP contribution is 2.31. The van der Waals surface area contributed by atoms with Crippen LogP contribution in [0.15, 0.2) is 77.9 Å². The van der Waals surface area contributed by atoms with E-state index in [4.69, 9.17) is 17.3 Å². The highest BCUT2D eigenvalue weighted by Gasteiger charge is 2.07. The second-order valence-electron chi connectivity index (χ2n) is 5.82. The van der Waals surface area contributed by atoms with E-state index in [2.05, 4.69) is 15.8 Å². The van der Waals surface area contributed by atoms with Gasteiger partial charge in [0.15, 0.2) is 5.11 Å². The number of benzene rings is 3. The molecule has 0 saturated carbocycles. The van der Waals surface area contributed by atoms with E-state index in [1.54, 1.807) is 18.2 Å². The molecular formula is C21H17N3O3S. The van der Waals surface area contributed by atoms with Crippen molar-refractivity contribution in [2.45, 2.75) is 0 Å². The number of nitrogens with one attached hydrogen (secondary N) is 2. The van der Waals surface area contributed by atoms with Gasteiger partial charge < -0.3 is 15.5 Å². The van der Waals surface area contributed by atoms with Crippen molar-refractivity contribution in [2.24, 2.45) is 5.10 Å². The Hall–Kier alpha value is -3.71. The van der Waals surface area contributed by atoms with Gasteiger partial charge in [-0.25, -0.2) is 4.79 Å². The molecule has 0 spiro atoms. The zero-order chi connectivity index (χ0) is 19.9. The molecule has 0 amide bonds. The van der Waals surface area contributed by atoms with Crippen LogP contribution in [0.5, 0.6) is 5.75 Å². The third-order valence-corrected chi connectivity index (χ3v) is 4.10. The van der Waals surface area contributed by atoms with E-state index in [0.29, 0.717) is 16.8 Å². The van der Waals surface area contributed by atoms with E-state index in [0.717, 1.165) is 5.56 Å². The van der Waals surface area contributed by atoms with Crippen LogP contribution in [-0.2, 0) is 0 Å². The average molecular weight is 391 g/mol. The minimum absolute atomic E-state index is 0.127. The molecular weight excluding hydrogens is 374 g/mol. The Morgan fingerprint density at radius 3 is 2.36 bits per heavy atom. The first-order chi connectivity index (χ1) is 13.5. The lowest BCUT2D eigenvalue weighted by atomic mass is 10.0. The van der Waals surface area contributed by atoms with Crippen LogP contribution in [0.3, 0.4) is 0 Å². The highest BCUT2D eigenvalue weighted by molar-refractivity contribution is 7.80. The topological polar surface area (TPSA) is 94.0 Å². The maximum Gasteiger partial charge on any atom is 0.335 e. The van der Waals surface area contributed by atoms with Gasteiger partial charge in [0.25, 0.3) is 0 Å². The van der Waals surface area contributed by atoms with Crippen molar-refractivity contribution in [3.63, 3.8) is 0 Å². The number of hydrazone groups is 1. The first-order valence-corrected chi connectivity index (χ1v) is 8.76. The fraction of sp³-hybridized carbons (Fsp3) is 0. The largest absolute Gasteiger partial charge is 0.507 e. The Morgan fingerprint density at radius 1 is 0.964 bits per heavy atom. The van der Waals surface area contributed by atoms with Crippen molar-refractivity contribution >= 4 is 35.2 Å². The molecule has 3 rings (SSSR count). The van der Waals surface area contributed by atoms with Gasteiger partial charge in [-0.15, -0.1) is 0 Å². The molecule has 3 aromatic rings. The number of para-hydroxylation sites is 1. The number of thiocarbonyl (C=S) groups is 1. The molecule has 0 fully saturated rings. The summed E-state index contributed by atoms with van der Waals surface area (Å²) in [5.74, 6) is -0.864. The van der Waals surface area contributed by atoms with Crippen LogP contribution in [0.1, 0.15) is 15.9 Å². The predicted molar refractivity (Wildman–Crippen MR) is 114 cm³/mol. The summed E-state index contributed by atoms with van der Waals surface area (Å²) >= 11 is 5.16. The van der Waals surface area contributed by atoms with Crippen LogP contribution >= 0.6 is 12.2 Å². The van der Waals surface area contributed by atoms with Crippen molar-refractivity contribution < 1.29 is 15.0 Å². The summed E-state index contributed by atoms with van der Waals surface area (Å²) in [6, 6.07) is 21.2. The summed E-state index contributed by atoms with van der Waals surface area (Å²) in [7, 11) is 0. The maximum absolute atomic E-state index is 10.9. The highest BCUT2D eigenvalue weighted by atomic mass is 32.1. The molecule has 140 valence electrons. The number of aromatic carboxylic acids is 1. The number of anilines is 1. The molecule has 0 saturated heterocycles. The SMILES string of the molecule is O=C(O)c1ccc(NC(=S)N/N=C/c2cccc(-c3ccccc3)c2O)cc1. The number of carboxylic acids is 1. The molecule has 0 heterocycles. The second kappa shape index (κ2) is 8.79. The second-order valence-corrected chi connectivity index (χ2v) is 6.22. The number of aromatic hydroxyl groups is 1. The summed E-state index contributed by atoms with van der Waals surface area (Å²) in [6.07, 6.45) is 1.48. The zero-order valence-electron chi connectivity index (χ0n) is 14.7. The molecule has 28 heavy (non-hydrogen) atoms. The molecule has 0 aliphatic rings. The molecule has 0 aliphatic carbocycles. The number of hydrogen-bond donors (Lipinski definition) is 4. The van der Waals surface area contributed by atoms with Crippen molar-refractivity contribution in [1.82, 2.24) is 5.43 Å². The molecule has 4 N–H and O–H groups in total. The molecule has 0 unspecified atom stereocenters. The quantitative estimate of drug-likeness (QED) is 0.297. The van der Waals surface area contributed by atoms with Crippen LogP contribution in [0.25, 0.3) is 11.1 Å². The summed E-state index contributed by atoms with van der Waals surface area (Å²) in [5, 5.41) is 26.6. The maximum atomic E-state index is 10.9. The van der Waals surface area contributed by atoms with Gasteiger partial charge in [0.2, 0.25) is 0 Å². The molecule has 6 nitrogen and oxygen atoms in total. The summed E-state index contributed by atoms with van der Waals surface area (Å²) < 4.78 is 0. The van der Waals surface area contributed by atoms with Gasteiger partial charge in [-0.05, 0) is 48.1 Å². The zero-order valence-corrected chi connectivity index (χ0v) is 15.5. The Morgan fingerprint density at radius 2 is 1.68 bits per heavy atom. The van der Waals surface area contributed by atoms with Crippen LogP contribution < -0.4 is 10.7 Å². The smallest absolute Gasteiger partial charge is 0.335 e. The molecule has 0 bridgehead atoms. The number of hydrogen-bond acceptors (Lipinski definition) is 4. The molecule has 0 atom stereocenters. The van der Waals surface area contributed by atoms with Crippen LogP contribution in [-0.4, -0.2) is 27.5 Å². The van der Waals surface area contributed by atoms with Gasteiger partial charge in [-0.1, -0.05) is 42.5 Å². The Labute approximate surface area is 167 Å². The van der Waals surface area contributed by atoms with E-state index < -0.39 is 5.97 Å². The van der Waals surface area contributed by atoms with Crippen molar-refractivity contribution in [2.75, 3.05) is 5.32 Å². The van der Waals surface area contributed by atoms with Gasteiger partial charge in [0.05, 0.1) is 11.8 Å². The van der Waals surface area contributed by atoms with Crippen molar-refractivity contribution in [3.05, 3.63) is 83.9 Å². The van der Waals surface area contributed by atoms with Crippen molar-refractivity contribution in [1.29, 1.82) is 0 Å². The van der Waals surface area contributed by atoms with Crippen LogP contribution in [0, 0.1) is 0 Å². The van der Waals surface area contributed by atoms with E-state index in [9.17, 15) is 9.90 Å². The molecule has 7 heteroatoms. The number of rotatable bonds is 5. The summed E-state index contributed by atoms with van der Waals surface area (Å²) in [4.78, 5) is 10.9. The number of phenols is 1. The van der Waals surface area contributed by atoms with Gasteiger partial charge in [-0.3, -0.25) is 5.43 Å². The number of carboxylic acid groups (broad SMARTS) is 1. The van der Waals surface area contributed by atoms with E-state index in [1.165, 1.54) is 18.3 Å². The molecule has 0 radical (unpaired) electrons. The normalized spacial score (nSPS) is 10.6. The number of carbonyl (C=O) groups is 1. The fourth-order valence-corrected chi connectivity index (χ4v) is 2.70. The lowest BCUT2D eigenvalue weighted by molar-refractivity contribution is 0.0697. The van der Waals surface area contributed by atoms with Crippen LogP contribution in [0.4, 0.5) is 5.69 Å². The van der Waals surface area contributed by atoms with Gasteiger partial charge in [0.1, 0.15) is 5.75 Å². The lowest BCUT2D eigenvalue weighted by Gasteiger charge is -2.08. The number of phenolic OH excluding ortho intramolecular Hbond substituents is 1. The molecule has 0 aliphatic heterocycles. The van der Waals surface area contributed by atoms with E-state index >= 15 is 0 Å². The third-order valence-electron chi connectivity index (χ3n) is 3.91.